The summed E-state index contributed by atoms with van der Waals surface area (Å²) in [5, 5.41) is 2.94. The van der Waals surface area contributed by atoms with E-state index in [0.717, 1.165) is 38.9 Å². The monoisotopic (exact) mass is 364 g/mol. The number of piperidine rings is 1. The third kappa shape index (κ3) is 4.83. The molecule has 1 amide bonds. The van der Waals surface area contributed by atoms with Crippen LogP contribution in [-0.2, 0) is 15.0 Å². The first-order valence-corrected chi connectivity index (χ1v) is 9.77. The highest BCUT2D eigenvalue weighted by atomic mass is 16.1. The van der Waals surface area contributed by atoms with E-state index >= 15 is 0 Å². The van der Waals surface area contributed by atoms with E-state index in [1.54, 1.807) is 0 Å². The summed E-state index contributed by atoms with van der Waals surface area (Å²) in [6.07, 6.45) is 4.09. The number of ketones is 1. The SMILES string of the molecule is O=CNCC(CCCN1CCC(=O)CC1)(c1ccccc1)c1ccccc1. The van der Waals surface area contributed by atoms with Crippen molar-refractivity contribution in [3.8, 4) is 0 Å². The molecule has 0 spiro atoms. The normalized spacial score (nSPS) is 15.5. The molecule has 142 valence electrons. The van der Waals surface area contributed by atoms with Crippen molar-refractivity contribution in [1.82, 2.24) is 10.2 Å². The minimum absolute atomic E-state index is 0.255. The Kier molecular flexibility index (Phi) is 6.77. The van der Waals surface area contributed by atoms with Crippen LogP contribution in [0.4, 0.5) is 0 Å². The maximum Gasteiger partial charge on any atom is 0.207 e. The molecule has 2 aromatic rings. The van der Waals surface area contributed by atoms with Gasteiger partial charge in [-0.05, 0) is 30.5 Å². The standard InChI is InChI=1S/C23H28N2O2/c26-19-24-18-23(20-8-3-1-4-9-20,21-10-5-2-6-11-21)14-7-15-25-16-12-22(27)13-17-25/h1-6,8-11,19H,7,12-18H2,(H,24,26). The smallest absolute Gasteiger partial charge is 0.207 e. The number of likely N-dealkylation sites (tertiary alicyclic amines) is 1. The Balaban J connectivity index is 1.82. The number of hydrogen-bond donors (Lipinski definition) is 1. The molecule has 0 unspecified atom stereocenters. The molecule has 1 saturated heterocycles. The number of rotatable bonds is 9. The average Bonchev–Trinajstić information content (AvgIpc) is 2.73. The highest BCUT2D eigenvalue weighted by Gasteiger charge is 2.33. The number of nitrogens with one attached hydrogen (secondary N) is 1. The Bertz CT molecular complexity index is 681. The Labute approximate surface area is 161 Å². The van der Waals surface area contributed by atoms with Crippen molar-refractivity contribution >= 4 is 12.2 Å². The minimum Gasteiger partial charge on any atom is -0.357 e. The molecule has 0 atom stereocenters. The number of Topliss-reactive ketones (excluding diaryl/α,β-unsaturated/α-hetero) is 1. The summed E-state index contributed by atoms with van der Waals surface area (Å²) in [4.78, 5) is 25.0. The molecule has 1 N–H and O–H groups in total. The van der Waals surface area contributed by atoms with Crippen molar-refractivity contribution in [2.75, 3.05) is 26.2 Å². The summed E-state index contributed by atoms with van der Waals surface area (Å²) < 4.78 is 0. The quantitative estimate of drug-likeness (QED) is 0.696. The molecule has 0 saturated carbocycles. The summed E-state index contributed by atoms with van der Waals surface area (Å²) in [7, 11) is 0. The van der Waals surface area contributed by atoms with Gasteiger partial charge in [0.25, 0.3) is 0 Å². The maximum absolute atomic E-state index is 11.5. The van der Waals surface area contributed by atoms with Gasteiger partial charge in [-0.3, -0.25) is 9.59 Å². The van der Waals surface area contributed by atoms with Crippen LogP contribution in [0.5, 0.6) is 0 Å². The van der Waals surface area contributed by atoms with Crippen LogP contribution in [0, 0.1) is 0 Å². The number of hydrogen-bond acceptors (Lipinski definition) is 3. The second kappa shape index (κ2) is 9.47. The van der Waals surface area contributed by atoms with Gasteiger partial charge >= 0.3 is 0 Å². The van der Waals surface area contributed by atoms with Crippen LogP contribution >= 0.6 is 0 Å². The number of carbonyl (C=O) groups is 2. The Hall–Kier alpha value is -2.46. The molecule has 0 bridgehead atoms. The van der Waals surface area contributed by atoms with Crippen LogP contribution in [0.2, 0.25) is 0 Å². The van der Waals surface area contributed by atoms with Crippen LogP contribution in [0.1, 0.15) is 36.8 Å². The number of carbonyl (C=O) groups excluding carboxylic acids is 2. The summed E-state index contributed by atoms with van der Waals surface area (Å²) >= 11 is 0. The molecule has 0 aliphatic carbocycles. The predicted octanol–water partition coefficient (Wildman–Crippen LogP) is 3.16. The van der Waals surface area contributed by atoms with Crippen LogP contribution in [0.15, 0.2) is 60.7 Å². The summed E-state index contributed by atoms with van der Waals surface area (Å²) in [6.45, 7) is 3.29. The summed E-state index contributed by atoms with van der Waals surface area (Å²) in [6, 6.07) is 20.9. The second-order valence-corrected chi connectivity index (χ2v) is 7.30. The number of benzene rings is 2. The number of nitrogens with zero attached hydrogens (tertiary/aromatic N) is 1. The van der Waals surface area contributed by atoms with E-state index in [9.17, 15) is 9.59 Å². The summed E-state index contributed by atoms with van der Waals surface area (Å²) in [5.41, 5.74) is 2.19. The second-order valence-electron chi connectivity index (χ2n) is 7.30. The van der Waals surface area contributed by atoms with Crippen LogP contribution in [0.25, 0.3) is 0 Å². The topological polar surface area (TPSA) is 49.4 Å². The van der Waals surface area contributed by atoms with Crippen molar-refractivity contribution in [1.29, 1.82) is 0 Å². The fraction of sp³-hybridized carbons (Fsp3) is 0.391. The van der Waals surface area contributed by atoms with Gasteiger partial charge in [-0.25, -0.2) is 0 Å². The highest BCUT2D eigenvalue weighted by Crippen LogP contribution is 2.36. The minimum atomic E-state index is -0.255. The van der Waals surface area contributed by atoms with E-state index < -0.39 is 0 Å². The van der Waals surface area contributed by atoms with Gasteiger partial charge in [0.1, 0.15) is 5.78 Å². The van der Waals surface area contributed by atoms with E-state index in [-0.39, 0.29) is 5.41 Å². The van der Waals surface area contributed by atoms with Gasteiger partial charge in [-0.15, -0.1) is 0 Å². The molecule has 27 heavy (non-hydrogen) atoms. The lowest BCUT2D eigenvalue weighted by molar-refractivity contribution is -0.121. The molecule has 0 aromatic heterocycles. The van der Waals surface area contributed by atoms with Crippen LogP contribution < -0.4 is 5.32 Å². The fourth-order valence-electron chi connectivity index (χ4n) is 4.11. The van der Waals surface area contributed by atoms with Gasteiger partial charge in [0.2, 0.25) is 6.41 Å². The molecule has 1 heterocycles. The third-order valence-corrected chi connectivity index (χ3v) is 5.63. The predicted molar refractivity (Wildman–Crippen MR) is 108 cm³/mol. The van der Waals surface area contributed by atoms with Gasteiger partial charge in [-0.1, -0.05) is 60.7 Å². The first-order chi connectivity index (χ1) is 13.2. The molecular formula is C23H28N2O2. The molecule has 0 radical (unpaired) electrons. The average molecular weight is 364 g/mol. The Morgan fingerprint density at radius 1 is 0.926 bits per heavy atom. The molecule has 4 heteroatoms. The Morgan fingerprint density at radius 2 is 1.48 bits per heavy atom. The molecule has 1 aliphatic heterocycles. The van der Waals surface area contributed by atoms with Crippen molar-refractivity contribution in [3.63, 3.8) is 0 Å². The first-order valence-electron chi connectivity index (χ1n) is 9.77. The first kappa shape index (κ1) is 19.3. The molecule has 2 aromatic carbocycles. The number of amides is 1. The zero-order valence-corrected chi connectivity index (χ0v) is 15.8. The third-order valence-electron chi connectivity index (χ3n) is 5.63. The van der Waals surface area contributed by atoms with E-state index in [0.29, 0.717) is 25.2 Å². The van der Waals surface area contributed by atoms with Gasteiger partial charge in [-0.2, -0.15) is 0 Å². The van der Waals surface area contributed by atoms with Crippen LogP contribution in [-0.4, -0.2) is 43.3 Å². The van der Waals surface area contributed by atoms with Crippen molar-refractivity contribution in [3.05, 3.63) is 71.8 Å². The fourth-order valence-corrected chi connectivity index (χ4v) is 4.11. The lowest BCUT2D eigenvalue weighted by Gasteiger charge is -2.36. The van der Waals surface area contributed by atoms with E-state index in [1.165, 1.54) is 11.1 Å². The molecule has 3 rings (SSSR count). The van der Waals surface area contributed by atoms with Gasteiger partial charge in [0.05, 0.1) is 0 Å². The highest BCUT2D eigenvalue weighted by molar-refractivity contribution is 5.79. The van der Waals surface area contributed by atoms with Crippen molar-refractivity contribution in [2.24, 2.45) is 0 Å². The zero-order chi connectivity index (χ0) is 19.0. The zero-order valence-electron chi connectivity index (χ0n) is 15.8. The summed E-state index contributed by atoms with van der Waals surface area (Å²) in [5.74, 6) is 0.379. The maximum atomic E-state index is 11.5. The Morgan fingerprint density at radius 3 is 2.00 bits per heavy atom. The van der Waals surface area contributed by atoms with Crippen LogP contribution in [0.3, 0.4) is 0 Å². The van der Waals surface area contributed by atoms with Gasteiger partial charge in [0, 0.05) is 37.9 Å². The molecule has 4 nitrogen and oxygen atoms in total. The van der Waals surface area contributed by atoms with Gasteiger partial charge in [0.15, 0.2) is 0 Å². The largest absolute Gasteiger partial charge is 0.357 e. The lowest BCUT2D eigenvalue weighted by Crippen LogP contribution is -2.40. The molecule has 1 fully saturated rings. The van der Waals surface area contributed by atoms with E-state index in [2.05, 4.69) is 58.7 Å². The molecule has 1 aliphatic rings. The lowest BCUT2D eigenvalue weighted by atomic mass is 9.71. The van der Waals surface area contributed by atoms with E-state index in [1.807, 2.05) is 12.1 Å². The van der Waals surface area contributed by atoms with Gasteiger partial charge < -0.3 is 10.2 Å². The van der Waals surface area contributed by atoms with E-state index in [4.69, 9.17) is 0 Å². The van der Waals surface area contributed by atoms with Crippen molar-refractivity contribution in [2.45, 2.75) is 31.1 Å². The molecular weight excluding hydrogens is 336 g/mol. The van der Waals surface area contributed by atoms with Crippen molar-refractivity contribution < 1.29 is 9.59 Å².